The number of hydrogen-bond acceptors (Lipinski definition) is 2. The number of nitrogens with zero attached hydrogens (tertiary/aromatic N) is 1. The molecule has 0 bridgehead atoms. The first-order valence-corrected chi connectivity index (χ1v) is 14.6. The number of esters is 1. The Balaban J connectivity index is 1.45. The molecule has 198 valence electrons. The minimum absolute atomic E-state index is 0.296. The number of carbonyl (C=O) groups is 1. The molecule has 3 nitrogen and oxygen atoms in total. The fourth-order valence-electron chi connectivity index (χ4n) is 4.58. The molecular weight excluding hydrogens is 442 g/mol. The summed E-state index contributed by atoms with van der Waals surface area (Å²) in [5.41, 5.74) is 2.26. The van der Waals surface area contributed by atoms with Gasteiger partial charge in [0.25, 0.3) is 0 Å². The summed E-state index contributed by atoms with van der Waals surface area (Å²) in [5, 5.41) is 0. The third kappa shape index (κ3) is 14.9. The van der Waals surface area contributed by atoms with Crippen molar-refractivity contribution in [2.24, 2.45) is 0 Å². The van der Waals surface area contributed by atoms with Crippen LogP contribution in [0.2, 0.25) is 0 Å². The number of rotatable bonds is 20. The van der Waals surface area contributed by atoms with E-state index in [-0.39, 0.29) is 5.97 Å². The van der Waals surface area contributed by atoms with Crippen molar-refractivity contribution >= 4 is 18.1 Å². The molecule has 2 rings (SSSR count). The Morgan fingerprint density at radius 3 is 1.50 bits per heavy atom. The number of hydrogen-bond donors (Lipinski definition) is 0. The van der Waals surface area contributed by atoms with Gasteiger partial charge in [-0.25, -0.2) is 4.57 Å². The summed E-state index contributed by atoms with van der Waals surface area (Å²) < 4.78 is 7.36. The molecule has 0 fully saturated rings. The molecule has 0 amide bonds. The van der Waals surface area contributed by atoms with Gasteiger partial charge >= 0.3 is 5.97 Å². The van der Waals surface area contributed by atoms with Crippen LogP contribution in [0.25, 0.3) is 12.2 Å². The number of aromatic nitrogens is 1. The van der Waals surface area contributed by atoms with Crippen molar-refractivity contribution in [2.45, 2.75) is 123 Å². The Labute approximate surface area is 221 Å². The topological polar surface area (TPSA) is 30.2 Å². The molecule has 36 heavy (non-hydrogen) atoms. The number of unbranched alkanes of at least 4 members (excludes halogenated alkanes) is 15. The predicted molar refractivity (Wildman–Crippen MR) is 153 cm³/mol. The molecule has 0 aliphatic carbocycles. The lowest BCUT2D eigenvalue weighted by atomic mass is 10.0. The molecule has 1 aromatic heterocycles. The summed E-state index contributed by atoms with van der Waals surface area (Å²) in [4.78, 5) is 11.0. The number of aryl methyl sites for hydroxylation is 1. The fourth-order valence-corrected chi connectivity index (χ4v) is 4.58. The molecule has 0 saturated carbocycles. The monoisotopic (exact) mass is 492 g/mol. The van der Waals surface area contributed by atoms with E-state index in [0.29, 0.717) is 5.75 Å². The molecule has 3 heteroatoms. The van der Waals surface area contributed by atoms with Crippen LogP contribution in [0.5, 0.6) is 5.75 Å². The van der Waals surface area contributed by atoms with E-state index in [9.17, 15) is 4.79 Å². The fraction of sp³-hybridized carbons (Fsp3) is 0.576. The largest absolute Gasteiger partial charge is 0.427 e. The van der Waals surface area contributed by atoms with Gasteiger partial charge in [-0.3, -0.25) is 4.79 Å². The molecule has 0 N–H and O–H groups in total. The van der Waals surface area contributed by atoms with Gasteiger partial charge < -0.3 is 4.74 Å². The quantitative estimate of drug-likeness (QED) is 0.0797. The van der Waals surface area contributed by atoms with Gasteiger partial charge in [0.1, 0.15) is 12.3 Å². The van der Waals surface area contributed by atoms with Crippen molar-refractivity contribution in [3.63, 3.8) is 0 Å². The Morgan fingerprint density at radius 2 is 1.06 bits per heavy atom. The van der Waals surface area contributed by atoms with E-state index in [1.807, 2.05) is 24.3 Å². The summed E-state index contributed by atoms with van der Waals surface area (Å²) in [5.74, 6) is 0.282. The van der Waals surface area contributed by atoms with Crippen LogP contribution in [-0.4, -0.2) is 5.97 Å². The highest BCUT2D eigenvalue weighted by Gasteiger charge is 2.01. The third-order valence-corrected chi connectivity index (χ3v) is 6.80. The smallest absolute Gasteiger partial charge is 0.308 e. The Kier molecular flexibility index (Phi) is 16.3. The molecule has 0 aliphatic heterocycles. The summed E-state index contributed by atoms with van der Waals surface area (Å²) in [6, 6.07) is 11.9. The van der Waals surface area contributed by atoms with E-state index in [2.05, 4.69) is 48.2 Å². The maximum Gasteiger partial charge on any atom is 0.308 e. The first-order chi connectivity index (χ1) is 17.7. The average molecular weight is 493 g/mol. The normalized spacial score (nSPS) is 11.3. The van der Waals surface area contributed by atoms with E-state index in [1.165, 1.54) is 115 Å². The van der Waals surface area contributed by atoms with Crippen LogP contribution in [0.3, 0.4) is 0 Å². The molecular formula is C33H50NO2+. The standard InChI is InChI=1S/C33H50NO2/c1-3-4-5-6-7-8-9-10-11-12-13-14-15-16-17-18-27-34-28-25-32(26-29-34)20-19-31-21-23-33(24-22-31)36-30(2)35/h19-26,28-29H,3-18,27H2,1-2H3/q+1/b20-19+. The zero-order valence-electron chi connectivity index (χ0n) is 23.1. The van der Waals surface area contributed by atoms with Gasteiger partial charge in [0.05, 0.1) is 0 Å². The number of carbonyl (C=O) groups excluding carboxylic acids is 1. The molecule has 0 spiro atoms. The summed E-state index contributed by atoms with van der Waals surface area (Å²) in [6.07, 6.45) is 31.1. The number of benzene rings is 1. The van der Waals surface area contributed by atoms with Gasteiger partial charge in [-0.1, -0.05) is 121 Å². The van der Waals surface area contributed by atoms with Crippen LogP contribution in [0.4, 0.5) is 0 Å². The van der Waals surface area contributed by atoms with Gasteiger partial charge in [0.2, 0.25) is 0 Å². The highest BCUT2D eigenvalue weighted by atomic mass is 16.5. The molecule has 0 unspecified atom stereocenters. The minimum Gasteiger partial charge on any atom is -0.427 e. The van der Waals surface area contributed by atoms with E-state index in [0.717, 1.165) is 12.1 Å². The zero-order valence-corrected chi connectivity index (χ0v) is 23.1. The van der Waals surface area contributed by atoms with E-state index < -0.39 is 0 Å². The Hall–Kier alpha value is -2.42. The van der Waals surface area contributed by atoms with Crippen molar-refractivity contribution < 1.29 is 14.1 Å². The van der Waals surface area contributed by atoms with Gasteiger partial charge in [-0.05, 0) is 29.7 Å². The van der Waals surface area contributed by atoms with Crippen LogP contribution in [0, 0.1) is 0 Å². The minimum atomic E-state index is -0.296. The van der Waals surface area contributed by atoms with Gasteiger partial charge in [-0.15, -0.1) is 0 Å². The van der Waals surface area contributed by atoms with Crippen molar-refractivity contribution in [3.8, 4) is 5.75 Å². The van der Waals surface area contributed by atoms with Crippen LogP contribution in [0.1, 0.15) is 128 Å². The molecule has 0 saturated heterocycles. The molecule has 0 aliphatic rings. The van der Waals surface area contributed by atoms with Crippen molar-refractivity contribution in [1.82, 2.24) is 0 Å². The highest BCUT2D eigenvalue weighted by Crippen LogP contribution is 2.15. The molecule has 0 radical (unpaired) electrons. The Morgan fingerprint density at radius 1 is 0.639 bits per heavy atom. The lowest BCUT2D eigenvalue weighted by Gasteiger charge is -2.03. The Bertz CT molecular complexity index is 839. The van der Waals surface area contributed by atoms with Crippen molar-refractivity contribution in [1.29, 1.82) is 0 Å². The lowest BCUT2D eigenvalue weighted by molar-refractivity contribution is -0.697. The molecule has 1 heterocycles. The van der Waals surface area contributed by atoms with Gasteiger partial charge in [-0.2, -0.15) is 0 Å². The molecule has 0 atom stereocenters. The van der Waals surface area contributed by atoms with Gasteiger partial charge in [0.15, 0.2) is 12.4 Å². The number of ether oxygens (including phenoxy) is 1. The van der Waals surface area contributed by atoms with Crippen LogP contribution < -0.4 is 9.30 Å². The average Bonchev–Trinajstić information content (AvgIpc) is 2.88. The molecule has 1 aromatic carbocycles. The summed E-state index contributed by atoms with van der Waals surface area (Å²) in [7, 11) is 0. The first kappa shape index (κ1) is 29.8. The second-order valence-electron chi connectivity index (χ2n) is 10.2. The first-order valence-electron chi connectivity index (χ1n) is 14.6. The van der Waals surface area contributed by atoms with E-state index >= 15 is 0 Å². The highest BCUT2D eigenvalue weighted by molar-refractivity contribution is 5.71. The van der Waals surface area contributed by atoms with Gasteiger partial charge in [0, 0.05) is 25.5 Å². The van der Waals surface area contributed by atoms with E-state index in [1.54, 1.807) is 0 Å². The predicted octanol–water partition coefficient (Wildman–Crippen LogP) is 9.33. The van der Waals surface area contributed by atoms with E-state index in [4.69, 9.17) is 4.74 Å². The zero-order chi connectivity index (χ0) is 25.7. The second-order valence-corrected chi connectivity index (χ2v) is 10.2. The van der Waals surface area contributed by atoms with Crippen molar-refractivity contribution in [2.75, 3.05) is 0 Å². The second kappa shape index (κ2) is 19.7. The van der Waals surface area contributed by atoms with Crippen LogP contribution in [-0.2, 0) is 11.3 Å². The lowest BCUT2D eigenvalue weighted by Crippen LogP contribution is -2.32. The maximum absolute atomic E-state index is 11.0. The van der Waals surface area contributed by atoms with Crippen molar-refractivity contribution in [3.05, 3.63) is 59.9 Å². The maximum atomic E-state index is 11.0. The number of pyridine rings is 1. The summed E-state index contributed by atoms with van der Waals surface area (Å²) >= 11 is 0. The van der Waals surface area contributed by atoms with Crippen LogP contribution >= 0.6 is 0 Å². The molecule has 2 aromatic rings. The van der Waals surface area contributed by atoms with Crippen LogP contribution in [0.15, 0.2) is 48.8 Å². The third-order valence-electron chi connectivity index (χ3n) is 6.80. The summed E-state index contributed by atoms with van der Waals surface area (Å²) in [6.45, 7) is 4.80. The SMILES string of the molecule is CCCCCCCCCCCCCCCCCC[n+]1ccc(/C=C/c2ccc(OC(C)=O)cc2)cc1.